The maximum atomic E-state index is 13.5. The van der Waals surface area contributed by atoms with Gasteiger partial charge >= 0.3 is 0 Å². The Hall–Kier alpha value is -4.03. The largest absolute Gasteiger partial charge is 0.497 e. The number of hydrogen-bond donors (Lipinski definition) is 1. The van der Waals surface area contributed by atoms with Crippen LogP contribution in [0.3, 0.4) is 0 Å². The van der Waals surface area contributed by atoms with Crippen molar-refractivity contribution in [3.8, 4) is 11.4 Å². The fourth-order valence-corrected chi connectivity index (χ4v) is 4.42. The summed E-state index contributed by atoms with van der Waals surface area (Å²) in [6.07, 6.45) is 0.450. The van der Waals surface area contributed by atoms with Crippen molar-refractivity contribution in [1.82, 2.24) is 14.3 Å². The normalized spacial score (nSPS) is 11.1. The molecule has 2 aromatic heterocycles. The number of hydrogen-bond acceptors (Lipinski definition) is 3. The summed E-state index contributed by atoms with van der Waals surface area (Å²) in [7, 11) is 1.61. The number of rotatable bonds is 5. The Kier molecular flexibility index (Phi) is 5.59. The van der Waals surface area contributed by atoms with E-state index < -0.39 is 0 Å². The molecule has 0 aliphatic rings. The first kappa shape index (κ1) is 21.8. The van der Waals surface area contributed by atoms with Crippen LogP contribution >= 0.6 is 11.6 Å². The van der Waals surface area contributed by atoms with Gasteiger partial charge in [-0.25, -0.2) is 4.68 Å². The number of benzene rings is 3. The van der Waals surface area contributed by atoms with Crippen LogP contribution in [0.5, 0.6) is 5.75 Å². The Labute approximate surface area is 201 Å². The summed E-state index contributed by atoms with van der Waals surface area (Å²) in [5.74, 6) is 0.547. The van der Waals surface area contributed by atoms with Crippen molar-refractivity contribution in [1.29, 1.82) is 0 Å². The van der Waals surface area contributed by atoms with Crippen molar-refractivity contribution in [2.75, 3.05) is 7.11 Å². The average Bonchev–Trinajstić information content (AvgIpc) is 3.36. The van der Waals surface area contributed by atoms with Crippen LogP contribution < -0.4 is 10.3 Å². The monoisotopic (exact) mass is 471 g/mol. The van der Waals surface area contributed by atoms with Crippen LogP contribution in [0.4, 0.5) is 0 Å². The number of para-hydroxylation sites is 1. The summed E-state index contributed by atoms with van der Waals surface area (Å²) in [6.45, 7) is 1.92. The zero-order valence-electron chi connectivity index (χ0n) is 18.7. The topological polar surface area (TPSA) is 69.0 Å². The van der Waals surface area contributed by atoms with Gasteiger partial charge in [-0.3, -0.25) is 19.3 Å². The first-order valence-corrected chi connectivity index (χ1v) is 11.2. The molecule has 0 bridgehead atoms. The van der Waals surface area contributed by atoms with Crippen molar-refractivity contribution in [3.63, 3.8) is 0 Å². The molecule has 170 valence electrons. The fourth-order valence-electron chi connectivity index (χ4n) is 4.29. The molecule has 3 aromatic carbocycles. The zero-order chi connectivity index (χ0) is 23.8. The number of ether oxygens (including phenoxy) is 1. The average molecular weight is 472 g/mol. The third kappa shape index (κ3) is 3.82. The summed E-state index contributed by atoms with van der Waals surface area (Å²) >= 11 is 6.01. The Morgan fingerprint density at radius 3 is 2.44 bits per heavy atom. The lowest BCUT2D eigenvalue weighted by atomic mass is 10.1. The van der Waals surface area contributed by atoms with Crippen molar-refractivity contribution < 1.29 is 9.53 Å². The van der Waals surface area contributed by atoms with Crippen molar-refractivity contribution in [2.45, 2.75) is 13.3 Å². The maximum Gasteiger partial charge on any atom is 0.271 e. The lowest BCUT2D eigenvalue weighted by Gasteiger charge is -2.08. The number of nitrogens with one attached hydrogen (secondary N) is 1. The highest BCUT2D eigenvalue weighted by Gasteiger charge is 2.21. The summed E-state index contributed by atoms with van der Waals surface area (Å²) < 4.78 is 8.67. The van der Waals surface area contributed by atoms with E-state index in [0.717, 1.165) is 33.5 Å². The van der Waals surface area contributed by atoms with E-state index in [0.29, 0.717) is 22.8 Å². The Bertz CT molecular complexity index is 1560. The number of nitrogens with zero attached hydrogens (tertiary/aromatic N) is 2. The van der Waals surface area contributed by atoms with E-state index in [1.165, 1.54) is 4.68 Å². The Balaban J connectivity index is 1.63. The first-order valence-electron chi connectivity index (χ1n) is 10.8. The number of aromatic amines is 1. The predicted octanol–water partition coefficient (Wildman–Crippen LogP) is 5.37. The van der Waals surface area contributed by atoms with Crippen molar-refractivity contribution in [2.24, 2.45) is 0 Å². The molecular formula is C27H22ClN3O3. The summed E-state index contributed by atoms with van der Waals surface area (Å²) in [4.78, 5) is 26.1. The molecule has 5 aromatic rings. The van der Waals surface area contributed by atoms with Crippen molar-refractivity contribution >= 4 is 28.4 Å². The maximum absolute atomic E-state index is 13.5. The Morgan fingerprint density at radius 1 is 1.00 bits per heavy atom. The third-order valence-electron chi connectivity index (χ3n) is 5.99. The van der Waals surface area contributed by atoms with Crippen LogP contribution in [0.25, 0.3) is 16.6 Å². The van der Waals surface area contributed by atoms with E-state index in [2.05, 4.69) is 5.10 Å². The van der Waals surface area contributed by atoms with Crippen LogP contribution in [-0.2, 0) is 6.42 Å². The van der Waals surface area contributed by atoms with Gasteiger partial charge in [-0.2, -0.15) is 0 Å². The molecule has 5 rings (SSSR count). The second-order valence-corrected chi connectivity index (χ2v) is 8.50. The summed E-state index contributed by atoms with van der Waals surface area (Å²) in [6, 6.07) is 23.5. The molecule has 2 heterocycles. The quantitative estimate of drug-likeness (QED) is 0.374. The van der Waals surface area contributed by atoms with E-state index in [4.69, 9.17) is 16.3 Å². The van der Waals surface area contributed by atoms with Gasteiger partial charge in [-0.05, 0) is 67.1 Å². The first-order chi connectivity index (χ1) is 16.5. The van der Waals surface area contributed by atoms with E-state index in [-0.39, 0.29) is 11.5 Å². The van der Waals surface area contributed by atoms with Crippen LogP contribution in [0, 0.1) is 6.92 Å². The van der Waals surface area contributed by atoms with Crippen LogP contribution in [-0.4, -0.2) is 27.4 Å². The lowest BCUT2D eigenvalue weighted by molar-refractivity contribution is 0.0963. The molecule has 0 saturated heterocycles. The van der Waals surface area contributed by atoms with Crippen LogP contribution in [0.2, 0.25) is 5.02 Å². The molecule has 0 aliphatic heterocycles. The fraction of sp³-hybridized carbons (Fsp3) is 0.111. The molecule has 0 unspecified atom stereocenters. The standard InChI is InChI=1S/C27H22ClN3O3/c1-17-23(14-20-15-26(32)31(29-20)21-6-4-3-5-7-21)24-16-22(34-2)12-13-25(24)30(17)27(33)18-8-10-19(28)11-9-18/h3-13,15-16,29H,14H2,1-2H3. The molecule has 0 radical (unpaired) electrons. The summed E-state index contributed by atoms with van der Waals surface area (Å²) in [5.41, 5.74) is 4.43. The van der Waals surface area contributed by atoms with Gasteiger partial charge < -0.3 is 4.74 Å². The van der Waals surface area contributed by atoms with Gasteiger partial charge in [0.2, 0.25) is 0 Å². The summed E-state index contributed by atoms with van der Waals surface area (Å²) in [5, 5.41) is 4.68. The molecule has 0 aliphatic carbocycles. The number of carbonyl (C=O) groups excluding carboxylic acids is 1. The minimum atomic E-state index is -0.147. The number of H-pyrrole nitrogens is 1. The molecule has 1 N–H and O–H groups in total. The van der Waals surface area contributed by atoms with Crippen molar-refractivity contribution in [3.05, 3.63) is 117 Å². The predicted molar refractivity (Wildman–Crippen MR) is 134 cm³/mol. The van der Waals surface area contributed by atoms with E-state index in [1.54, 1.807) is 42.0 Å². The van der Waals surface area contributed by atoms with Gasteiger partial charge in [0, 0.05) is 39.8 Å². The van der Waals surface area contributed by atoms with Gasteiger partial charge in [0.15, 0.2) is 0 Å². The van der Waals surface area contributed by atoms with Crippen LogP contribution in [0.15, 0.2) is 83.7 Å². The SMILES string of the molecule is COc1ccc2c(c1)c(Cc1cc(=O)n(-c3ccccc3)[nH]1)c(C)n2C(=O)c1ccc(Cl)cc1. The molecule has 6 nitrogen and oxygen atoms in total. The second-order valence-electron chi connectivity index (χ2n) is 8.06. The van der Waals surface area contributed by atoms with Gasteiger partial charge in [0.05, 0.1) is 18.3 Å². The van der Waals surface area contributed by atoms with E-state index >= 15 is 0 Å². The lowest BCUT2D eigenvalue weighted by Crippen LogP contribution is -2.13. The zero-order valence-corrected chi connectivity index (χ0v) is 19.5. The minimum absolute atomic E-state index is 0.141. The molecule has 0 atom stereocenters. The molecular weight excluding hydrogens is 450 g/mol. The van der Waals surface area contributed by atoms with Gasteiger partial charge in [0.25, 0.3) is 11.5 Å². The molecule has 0 spiro atoms. The van der Waals surface area contributed by atoms with Gasteiger partial charge in [0.1, 0.15) is 5.75 Å². The second kappa shape index (κ2) is 8.72. The minimum Gasteiger partial charge on any atom is -0.497 e. The van der Waals surface area contributed by atoms with Crippen LogP contribution in [0.1, 0.15) is 27.3 Å². The molecule has 7 heteroatoms. The van der Waals surface area contributed by atoms with E-state index in [1.807, 2.05) is 55.5 Å². The van der Waals surface area contributed by atoms with Gasteiger partial charge in [-0.15, -0.1) is 0 Å². The molecule has 34 heavy (non-hydrogen) atoms. The van der Waals surface area contributed by atoms with E-state index in [9.17, 15) is 9.59 Å². The smallest absolute Gasteiger partial charge is 0.271 e. The highest BCUT2D eigenvalue weighted by atomic mass is 35.5. The number of fused-ring (bicyclic) bond motifs is 1. The third-order valence-corrected chi connectivity index (χ3v) is 6.24. The highest BCUT2D eigenvalue weighted by Crippen LogP contribution is 2.31. The molecule has 0 fully saturated rings. The number of methoxy groups -OCH3 is 1. The molecule has 0 amide bonds. The highest BCUT2D eigenvalue weighted by molar-refractivity contribution is 6.30. The molecule has 0 saturated carbocycles. The van der Waals surface area contributed by atoms with Gasteiger partial charge in [-0.1, -0.05) is 29.8 Å². The number of aromatic nitrogens is 3. The number of halogens is 1. The Morgan fingerprint density at radius 2 is 1.74 bits per heavy atom. The number of carbonyl (C=O) groups is 1.